The molecule has 0 aliphatic rings. The maximum atomic E-state index is 12.2. The van der Waals surface area contributed by atoms with Crippen molar-refractivity contribution in [3.8, 4) is 0 Å². The lowest BCUT2D eigenvalue weighted by atomic mass is 9.82. The first-order valence-corrected chi connectivity index (χ1v) is 11.7. The van der Waals surface area contributed by atoms with Gasteiger partial charge in [0.1, 0.15) is 0 Å². The number of Topliss-reactive ketones (excluding diaryl/α,β-unsaturated/α-hetero) is 1. The summed E-state index contributed by atoms with van der Waals surface area (Å²) in [6.07, 6.45) is 23.3. The molecule has 0 saturated carbocycles. The van der Waals surface area contributed by atoms with E-state index < -0.39 is 11.6 Å². The number of hydrogen-bond donors (Lipinski definition) is 2. The molecular formula is C24H48N2O. The van der Waals surface area contributed by atoms with Crippen LogP contribution in [0.4, 0.5) is 0 Å². The highest BCUT2D eigenvalue weighted by atomic mass is 16.1. The normalized spacial score (nSPS) is 13.4. The Balaban J connectivity index is 3.52. The van der Waals surface area contributed by atoms with E-state index in [-0.39, 0.29) is 5.78 Å². The summed E-state index contributed by atoms with van der Waals surface area (Å²) < 4.78 is 0. The van der Waals surface area contributed by atoms with Gasteiger partial charge in [-0.05, 0) is 44.9 Å². The molecule has 0 fully saturated rings. The molecule has 160 valence electrons. The fraction of sp³-hybridized carbons (Fsp3) is 0.875. The highest BCUT2D eigenvalue weighted by molar-refractivity contribution is 5.85. The predicted octanol–water partition coefficient (Wildman–Crippen LogP) is 6.44. The fourth-order valence-corrected chi connectivity index (χ4v) is 3.54. The average Bonchev–Trinajstić information content (AvgIpc) is 2.69. The van der Waals surface area contributed by atoms with Crippen molar-refractivity contribution in [3.63, 3.8) is 0 Å². The highest BCUT2D eigenvalue weighted by Crippen LogP contribution is 2.18. The van der Waals surface area contributed by atoms with Gasteiger partial charge in [-0.15, -0.1) is 0 Å². The smallest absolute Gasteiger partial charge is 0.151 e. The number of carbonyl (C=O) groups is 1. The average molecular weight is 381 g/mol. The number of allylic oxidation sites excluding steroid dienone is 2. The molecule has 0 bridgehead atoms. The van der Waals surface area contributed by atoms with Gasteiger partial charge in [-0.3, -0.25) is 4.79 Å². The molecule has 1 unspecified atom stereocenters. The van der Waals surface area contributed by atoms with Gasteiger partial charge in [0.2, 0.25) is 0 Å². The van der Waals surface area contributed by atoms with Crippen molar-refractivity contribution in [2.75, 3.05) is 0 Å². The Morgan fingerprint density at radius 3 is 1.70 bits per heavy atom. The van der Waals surface area contributed by atoms with Gasteiger partial charge < -0.3 is 11.5 Å². The highest BCUT2D eigenvalue weighted by Gasteiger charge is 2.33. The van der Waals surface area contributed by atoms with E-state index in [1.54, 1.807) is 0 Å². The number of nitrogens with two attached hydrogens (primary N) is 2. The van der Waals surface area contributed by atoms with Gasteiger partial charge in [0.25, 0.3) is 0 Å². The summed E-state index contributed by atoms with van der Waals surface area (Å²) in [6, 6.07) is -0.510. The fourth-order valence-electron chi connectivity index (χ4n) is 3.54. The lowest BCUT2D eigenvalue weighted by Gasteiger charge is -2.32. The summed E-state index contributed by atoms with van der Waals surface area (Å²) in [5.41, 5.74) is 11.8. The lowest BCUT2D eigenvalue weighted by Crippen LogP contribution is -2.58. The molecule has 1 atom stereocenters. The summed E-state index contributed by atoms with van der Waals surface area (Å²) in [4.78, 5) is 12.2. The first-order valence-electron chi connectivity index (χ1n) is 11.7. The molecular weight excluding hydrogens is 332 g/mol. The number of carbonyl (C=O) groups excluding carboxylic acids is 1. The minimum absolute atomic E-state index is 0.138. The van der Waals surface area contributed by atoms with E-state index in [4.69, 9.17) is 11.5 Å². The van der Waals surface area contributed by atoms with Crippen LogP contribution in [-0.2, 0) is 4.79 Å². The Kier molecular flexibility index (Phi) is 17.0. The van der Waals surface area contributed by atoms with Crippen molar-refractivity contribution in [1.82, 2.24) is 0 Å². The maximum Gasteiger partial charge on any atom is 0.151 e. The first-order chi connectivity index (χ1) is 13.0. The first kappa shape index (κ1) is 26.3. The molecule has 0 rings (SSSR count). The van der Waals surface area contributed by atoms with Crippen molar-refractivity contribution in [2.45, 2.75) is 135 Å². The summed E-state index contributed by atoms with van der Waals surface area (Å²) in [6.45, 7) is 6.29. The van der Waals surface area contributed by atoms with Crippen LogP contribution in [0.5, 0.6) is 0 Å². The second-order valence-corrected chi connectivity index (χ2v) is 8.22. The third-order valence-corrected chi connectivity index (χ3v) is 5.97. The minimum atomic E-state index is -0.529. The monoisotopic (exact) mass is 380 g/mol. The van der Waals surface area contributed by atoms with Crippen LogP contribution < -0.4 is 11.5 Å². The lowest BCUT2D eigenvalue weighted by molar-refractivity contribution is -0.122. The van der Waals surface area contributed by atoms with Crippen molar-refractivity contribution >= 4 is 5.78 Å². The Hall–Kier alpha value is -0.670. The van der Waals surface area contributed by atoms with Crippen LogP contribution in [0, 0.1) is 0 Å². The zero-order valence-electron chi connectivity index (χ0n) is 18.6. The molecule has 3 heteroatoms. The van der Waals surface area contributed by atoms with Crippen molar-refractivity contribution < 1.29 is 4.79 Å². The summed E-state index contributed by atoms with van der Waals surface area (Å²) >= 11 is 0. The van der Waals surface area contributed by atoms with Gasteiger partial charge in [-0.25, -0.2) is 0 Å². The number of ketones is 1. The number of rotatable bonds is 19. The van der Waals surface area contributed by atoms with Crippen LogP contribution in [0.1, 0.15) is 124 Å². The van der Waals surface area contributed by atoms with E-state index in [1.807, 2.05) is 13.8 Å². The largest absolute Gasteiger partial charge is 0.323 e. The third-order valence-electron chi connectivity index (χ3n) is 5.97. The molecule has 0 heterocycles. The van der Waals surface area contributed by atoms with Gasteiger partial charge >= 0.3 is 0 Å². The van der Waals surface area contributed by atoms with Gasteiger partial charge in [0.05, 0.1) is 6.04 Å². The van der Waals surface area contributed by atoms with Crippen LogP contribution in [0.15, 0.2) is 12.2 Å². The van der Waals surface area contributed by atoms with E-state index in [0.717, 1.165) is 25.7 Å². The SMILES string of the molecule is CCCCCCCCC=CCCCCCCCC(=O)C(N)C(N)(CC)CC. The summed E-state index contributed by atoms with van der Waals surface area (Å²) in [5, 5.41) is 0. The molecule has 0 saturated heterocycles. The van der Waals surface area contributed by atoms with E-state index >= 15 is 0 Å². The standard InChI is InChI=1S/C24H48N2O/c1-4-7-8-9-10-11-12-13-14-15-16-17-18-19-20-21-22(27)23(25)24(26,5-2)6-3/h13-14,23H,4-12,15-21,25-26H2,1-3H3. The van der Waals surface area contributed by atoms with Gasteiger partial charge in [0.15, 0.2) is 5.78 Å². The van der Waals surface area contributed by atoms with Crippen LogP contribution in [0.3, 0.4) is 0 Å². The summed E-state index contributed by atoms with van der Waals surface area (Å²) in [7, 11) is 0. The molecule has 0 radical (unpaired) electrons. The zero-order valence-corrected chi connectivity index (χ0v) is 18.6. The number of unbranched alkanes of at least 4 members (excludes halogenated alkanes) is 11. The quantitative estimate of drug-likeness (QED) is 0.200. The Bertz CT molecular complexity index is 375. The second-order valence-electron chi connectivity index (χ2n) is 8.22. The van der Waals surface area contributed by atoms with Gasteiger partial charge in [-0.1, -0.05) is 84.3 Å². The van der Waals surface area contributed by atoms with Crippen LogP contribution in [-0.4, -0.2) is 17.4 Å². The molecule has 0 aliphatic carbocycles. The van der Waals surface area contributed by atoms with E-state index in [1.165, 1.54) is 70.6 Å². The molecule has 0 amide bonds. The van der Waals surface area contributed by atoms with Crippen molar-refractivity contribution in [2.24, 2.45) is 11.5 Å². The van der Waals surface area contributed by atoms with E-state index in [0.29, 0.717) is 6.42 Å². The molecule has 0 spiro atoms. The maximum absolute atomic E-state index is 12.2. The van der Waals surface area contributed by atoms with Crippen molar-refractivity contribution in [1.29, 1.82) is 0 Å². The van der Waals surface area contributed by atoms with Crippen LogP contribution in [0.2, 0.25) is 0 Å². The van der Waals surface area contributed by atoms with Gasteiger partial charge in [-0.2, -0.15) is 0 Å². The predicted molar refractivity (Wildman–Crippen MR) is 120 cm³/mol. The Labute approximate surface area is 169 Å². The minimum Gasteiger partial charge on any atom is -0.323 e. The Morgan fingerprint density at radius 1 is 0.778 bits per heavy atom. The van der Waals surface area contributed by atoms with Gasteiger partial charge in [0, 0.05) is 12.0 Å². The molecule has 0 aromatic carbocycles. The molecule has 0 aromatic heterocycles. The molecule has 27 heavy (non-hydrogen) atoms. The topological polar surface area (TPSA) is 69.1 Å². The molecule has 0 aliphatic heterocycles. The Morgan fingerprint density at radius 2 is 1.22 bits per heavy atom. The van der Waals surface area contributed by atoms with E-state index in [2.05, 4.69) is 19.1 Å². The van der Waals surface area contributed by atoms with Crippen LogP contribution in [0.25, 0.3) is 0 Å². The van der Waals surface area contributed by atoms with Crippen LogP contribution >= 0.6 is 0 Å². The molecule has 3 nitrogen and oxygen atoms in total. The number of hydrogen-bond acceptors (Lipinski definition) is 3. The molecule has 4 N–H and O–H groups in total. The second kappa shape index (κ2) is 17.4. The summed E-state index contributed by atoms with van der Waals surface area (Å²) in [5.74, 6) is 0.138. The third kappa shape index (κ3) is 13.2. The zero-order chi connectivity index (χ0) is 20.4. The van der Waals surface area contributed by atoms with Crippen molar-refractivity contribution in [3.05, 3.63) is 12.2 Å². The van der Waals surface area contributed by atoms with E-state index in [9.17, 15) is 4.79 Å². The molecule has 0 aromatic rings.